The predicted molar refractivity (Wildman–Crippen MR) is 97.9 cm³/mol. The first-order chi connectivity index (χ1) is 12.0. The van der Waals surface area contributed by atoms with Crippen molar-refractivity contribution in [3.63, 3.8) is 0 Å². The van der Waals surface area contributed by atoms with Crippen LogP contribution in [0.25, 0.3) is 0 Å². The molecule has 128 valence electrons. The maximum Gasteiger partial charge on any atom is 0.274 e. The van der Waals surface area contributed by atoms with Gasteiger partial charge in [-0.25, -0.2) is 0 Å². The molecule has 3 aromatic rings. The Morgan fingerprint density at radius 3 is 2.56 bits per heavy atom. The molecular weight excluding hydrogens is 340 g/mol. The van der Waals surface area contributed by atoms with Gasteiger partial charge in [0.25, 0.3) is 5.56 Å². The Bertz CT molecular complexity index is 939. The van der Waals surface area contributed by atoms with Gasteiger partial charge < -0.3 is 10.1 Å². The summed E-state index contributed by atoms with van der Waals surface area (Å²) < 4.78 is 5.12. The van der Waals surface area contributed by atoms with E-state index >= 15 is 0 Å². The maximum absolute atomic E-state index is 12.2. The zero-order valence-corrected chi connectivity index (χ0v) is 14.6. The average Bonchev–Trinajstić information content (AvgIpc) is 2.61. The molecule has 7 heteroatoms. The van der Waals surface area contributed by atoms with Crippen LogP contribution in [0.2, 0.25) is 5.02 Å². The van der Waals surface area contributed by atoms with Crippen LogP contribution in [-0.4, -0.2) is 22.3 Å². The number of hydrogen-bond donors (Lipinski definition) is 2. The molecule has 0 aliphatic carbocycles. The van der Waals surface area contributed by atoms with Gasteiger partial charge in [-0.15, -0.1) is 10.2 Å². The summed E-state index contributed by atoms with van der Waals surface area (Å²) in [5, 5.41) is 11.7. The minimum Gasteiger partial charge on any atom is -0.497 e. The molecule has 0 atom stereocenters. The summed E-state index contributed by atoms with van der Waals surface area (Å²) in [5.74, 6) is 1.03. The second kappa shape index (κ2) is 7.36. The van der Waals surface area contributed by atoms with Crippen molar-refractivity contribution in [1.29, 1.82) is 0 Å². The van der Waals surface area contributed by atoms with Gasteiger partial charge in [-0.05, 0) is 42.3 Å². The van der Waals surface area contributed by atoms with Crippen LogP contribution < -0.4 is 15.6 Å². The molecule has 0 unspecified atom stereocenters. The van der Waals surface area contributed by atoms with Gasteiger partial charge >= 0.3 is 0 Å². The number of methoxy groups -OCH3 is 1. The van der Waals surface area contributed by atoms with Crippen molar-refractivity contribution in [1.82, 2.24) is 15.2 Å². The first-order valence-electron chi connectivity index (χ1n) is 7.67. The van der Waals surface area contributed by atoms with Crippen LogP contribution in [0, 0.1) is 6.92 Å². The van der Waals surface area contributed by atoms with Gasteiger partial charge in [-0.1, -0.05) is 29.8 Å². The van der Waals surface area contributed by atoms with Gasteiger partial charge in [0.05, 0.1) is 7.11 Å². The van der Waals surface area contributed by atoms with E-state index in [-0.39, 0.29) is 11.5 Å². The van der Waals surface area contributed by atoms with Gasteiger partial charge in [0.2, 0.25) is 5.95 Å². The Morgan fingerprint density at radius 1 is 1.16 bits per heavy atom. The summed E-state index contributed by atoms with van der Waals surface area (Å²) in [5.41, 5.74) is 2.71. The Morgan fingerprint density at radius 2 is 1.92 bits per heavy atom. The van der Waals surface area contributed by atoms with Gasteiger partial charge in [0, 0.05) is 17.1 Å². The van der Waals surface area contributed by atoms with Crippen molar-refractivity contribution >= 4 is 23.2 Å². The number of rotatable bonds is 5. The molecule has 1 heterocycles. The second-order valence-corrected chi connectivity index (χ2v) is 5.97. The maximum atomic E-state index is 12.2. The van der Waals surface area contributed by atoms with Crippen LogP contribution in [0.5, 0.6) is 5.75 Å². The van der Waals surface area contributed by atoms with Crippen molar-refractivity contribution in [3.8, 4) is 5.75 Å². The molecule has 0 spiro atoms. The van der Waals surface area contributed by atoms with Crippen LogP contribution in [-0.2, 0) is 6.42 Å². The number of anilines is 2. The summed E-state index contributed by atoms with van der Waals surface area (Å²) in [6.45, 7) is 1.92. The van der Waals surface area contributed by atoms with Gasteiger partial charge in [0.1, 0.15) is 11.4 Å². The third-order valence-corrected chi connectivity index (χ3v) is 4.14. The highest BCUT2D eigenvalue weighted by Crippen LogP contribution is 2.21. The lowest BCUT2D eigenvalue weighted by atomic mass is 10.1. The molecule has 0 saturated heterocycles. The van der Waals surface area contributed by atoms with E-state index in [2.05, 4.69) is 20.5 Å². The Balaban J connectivity index is 1.75. The van der Waals surface area contributed by atoms with E-state index in [1.807, 2.05) is 43.3 Å². The average molecular weight is 357 g/mol. The van der Waals surface area contributed by atoms with Crippen molar-refractivity contribution in [2.45, 2.75) is 13.3 Å². The number of benzene rings is 2. The van der Waals surface area contributed by atoms with E-state index in [0.717, 1.165) is 22.6 Å². The Hall–Kier alpha value is -2.86. The van der Waals surface area contributed by atoms with E-state index in [4.69, 9.17) is 16.3 Å². The molecule has 25 heavy (non-hydrogen) atoms. The second-order valence-electron chi connectivity index (χ2n) is 5.56. The SMILES string of the molecule is COc1ccc(Cc2nnc(Nc3ccc(C)c(Cl)c3)[nH]c2=O)cc1. The molecule has 0 fully saturated rings. The van der Waals surface area contributed by atoms with E-state index in [0.29, 0.717) is 17.1 Å². The smallest absolute Gasteiger partial charge is 0.274 e. The molecule has 1 aromatic heterocycles. The normalized spacial score (nSPS) is 10.5. The monoisotopic (exact) mass is 356 g/mol. The molecule has 3 rings (SSSR count). The van der Waals surface area contributed by atoms with Gasteiger partial charge in [-0.3, -0.25) is 9.78 Å². The molecule has 0 saturated carbocycles. The van der Waals surface area contributed by atoms with E-state index in [9.17, 15) is 4.79 Å². The lowest BCUT2D eigenvalue weighted by molar-refractivity contribution is 0.414. The number of H-pyrrole nitrogens is 1. The molecule has 2 N–H and O–H groups in total. The minimum absolute atomic E-state index is 0.267. The lowest BCUT2D eigenvalue weighted by Crippen LogP contribution is -2.18. The minimum atomic E-state index is -0.286. The highest BCUT2D eigenvalue weighted by Gasteiger charge is 2.07. The van der Waals surface area contributed by atoms with Crippen LogP contribution in [0.4, 0.5) is 11.6 Å². The van der Waals surface area contributed by atoms with E-state index in [1.165, 1.54) is 0 Å². The quantitative estimate of drug-likeness (QED) is 0.731. The zero-order valence-electron chi connectivity index (χ0n) is 13.8. The van der Waals surface area contributed by atoms with Crippen LogP contribution in [0.1, 0.15) is 16.8 Å². The third-order valence-electron chi connectivity index (χ3n) is 3.73. The molecule has 0 aliphatic rings. The van der Waals surface area contributed by atoms with Gasteiger partial charge in [-0.2, -0.15) is 0 Å². The molecule has 6 nitrogen and oxygen atoms in total. The van der Waals surface area contributed by atoms with Crippen molar-refractivity contribution in [2.75, 3.05) is 12.4 Å². The third kappa shape index (κ3) is 4.16. The summed E-state index contributed by atoms with van der Waals surface area (Å²) in [6, 6.07) is 13.0. The Kier molecular flexibility index (Phi) is 5.00. The topological polar surface area (TPSA) is 79.9 Å². The standard InChI is InChI=1S/C18H17ClN4O2/c1-11-3-6-13(10-15(11)19)20-18-21-17(24)16(22-23-18)9-12-4-7-14(25-2)8-5-12/h3-8,10H,9H2,1-2H3,(H2,20,21,23,24). The summed E-state index contributed by atoms with van der Waals surface area (Å²) in [7, 11) is 1.61. The van der Waals surface area contributed by atoms with E-state index < -0.39 is 0 Å². The summed E-state index contributed by atoms with van der Waals surface area (Å²) in [4.78, 5) is 14.9. The Labute approximate surface area is 149 Å². The molecule has 0 bridgehead atoms. The molecule has 2 aromatic carbocycles. The molecular formula is C18H17ClN4O2. The number of hydrogen-bond acceptors (Lipinski definition) is 5. The zero-order chi connectivity index (χ0) is 17.8. The lowest BCUT2D eigenvalue weighted by Gasteiger charge is -2.07. The van der Waals surface area contributed by atoms with Crippen molar-refractivity contribution in [2.24, 2.45) is 0 Å². The highest BCUT2D eigenvalue weighted by atomic mass is 35.5. The number of aromatic nitrogens is 3. The van der Waals surface area contributed by atoms with Crippen molar-refractivity contribution in [3.05, 3.63) is 74.7 Å². The van der Waals surface area contributed by atoms with E-state index in [1.54, 1.807) is 13.2 Å². The fourth-order valence-corrected chi connectivity index (χ4v) is 2.46. The van der Waals surface area contributed by atoms with Crippen molar-refractivity contribution < 1.29 is 4.74 Å². The predicted octanol–water partition coefficient (Wildman–Crippen LogP) is 3.47. The van der Waals surface area contributed by atoms with Crippen LogP contribution >= 0.6 is 11.6 Å². The number of aryl methyl sites for hydroxylation is 1. The number of halogens is 1. The molecule has 0 amide bonds. The summed E-state index contributed by atoms with van der Waals surface area (Å²) in [6.07, 6.45) is 0.392. The molecule has 0 radical (unpaired) electrons. The fourth-order valence-electron chi connectivity index (χ4n) is 2.28. The first kappa shape index (κ1) is 17.0. The van der Waals surface area contributed by atoms with Gasteiger partial charge in [0.15, 0.2) is 0 Å². The van der Waals surface area contributed by atoms with Crippen LogP contribution in [0.15, 0.2) is 47.3 Å². The number of nitrogens with zero attached hydrogens (tertiary/aromatic N) is 2. The van der Waals surface area contributed by atoms with Crippen LogP contribution in [0.3, 0.4) is 0 Å². The number of ether oxygens (including phenoxy) is 1. The fraction of sp³-hybridized carbons (Fsp3) is 0.167. The number of nitrogens with one attached hydrogen (secondary N) is 2. The highest BCUT2D eigenvalue weighted by molar-refractivity contribution is 6.31. The summed E-state index contributed by atoms with van der Waals surface area (Å²) >= 11 is 6.09. The molecule has 0 aliphatic heterocycles. The first-order valence-corrected chi connectivity index (χ1v) is 8.05. The largest absolute Gasteiger partial charge is 0.497 e. The number of aromatic amines is 1.